The predicted molar refractivity (Wildman–Crippen MR) is 93.9 cm³/mol. The van der Waals surface area contributed by atoms with E-state index in [2.05, 4.69) is 0 Å². The van der Waals surface area contributed by atoms with Crippen molar-refractivity contribution in [1.29, 1.82) is 0 Å². The molecule has 1 aromatic rings. The van der Waals surface area contributed by atoms with Gasteiger partial charge in [0.2, 0.25) is 0 Å². The molecule has 1 aromatic carbocycles. The Labute approximate surface area is 145 Å². The summed E-state index contributed by atoms with van der Waals surface area (Å²) in [6.07, 6.45) is 5.68. The first-order valence-corrected chi connectivity index (χ1v) is 10.1. The van der Waals surface area contributed by atoms with Gasteiger partial charge in [0.1, 0.15) is 5.82 Å². The first-order valence-electron chi connectivity index (χ1n) is 8.57. The fraction of sp³-hybridized carbons (Fsp3) is 0.667. The average molecular weight is 360 g/mol. The minimum Gasteiger partial charge on any atom is -0.400 e. The number of hydrogen-bond acceptors (Lipinski definition) is 4. The lowest BCUT2D eigenvalue weighted by Crippen LogP contribution is -2.16. The van der Waals surface area contributed by atoms with Crippen LogP contribution in [0.25, 0.3) is 0 Å². The first-order chi connectivity index (χ1) is 11.5. The molecule has 138 valence electrons. The van der Waals surface area contributed by atoms with E-state index in [1.54, 1.807) is 0 Å². The van der Waals surface area contributed by atoms with Crippen LogP contribution in [-0.2, 0) is 14.3 Å². The SMILES string of the molecule is CCCS(=O)(=O)OCC1CCCC(c2ccc(F)cc2)CC1.CO. The standard InChI is InChI=1S/C17H25FO3S.CH4O/c1-2-12-22(19,20)21-13-14-4-3-5-15(7-6-14)16-8-10-17(18)11-9-16;1-2/h8-11,14-15H,2-7,12-13H2,1H3;2H,1H3. The van der Waals surface area contributed by atoms with Crippen molar-refractivity contribution in [2.24, 2.45) is 5.92 Å². The Morgan fingerprint density at radius 3 is 2.42 bits per heavy atom. The van der Waals surface area contributed by atoms with E-state index in [1.165, 1.54) is 17.7 Å². The Morgan fingerprint density at radius 2 is 1.79 bits per heavy atom. The van der Waals surface area contributed by atoms with Gasteiger partial charge < -0.3 is 5.11 Å². The molecule has 1 N–H and O–H groups in total. The molecule has 1 saturated carbocycles. The molecule has 2 unspecified atom stereocenters. The number of aliphatic hydroxyl groups is 1. The van der Waals surface area contributed by atoms with Gasteiger partial charge in [0.15, 0.2) is 0 Å². The van der Waals surface area contributed by atoms with Gasteiger partial charge in [-0.2, -0.15) is 8.42 Å². The van der Waals surface area contributed by atoms with Gasteiger partial charge in [0, 0.05) is 7.11 Å². The zero-order valence-electron chi connectivity index (χ0n) is 14.6. The number of aliphatic hydroxyl groups excluding tert-OH is 1. The van der Waals surface area contributed by atoms with Crippen LogP contribution in [0, 0.1) is 11.7 Å². The van der Waals surface area contributed by atoms with E-state index in [9.17, 15) is 12.8 Å². The monoisotopic (exact) mass is 360 g/mol. The third-order valence-electron chi connectivity index (χ3n) is 4.37. The number of rotatable bonds is 6. The molecule has 6 heteroatoms. The summed E-state index contributed by atoms with van der Waals surface area (Å²) < 4.78 is 41.4. The molecule has 0 spiro atoms. The summed E-state index contributed by atoms with van der Waals surface area (Å²) in [4.78, 5) is 0. The summed E-state index contributed by atoms with van der Waals surface area (Å²) in [6, 6.07) is 6.75. The number of hydrogen-bond donors (Lipinski definition) is 1. The third-order valence-corrected chi connectivity index (χ3v) is 5.77. The molecule has 0 bridgehead atoms. The Morgan fingerprint density at radius 1 is 1.12 bits per heavy atom. The smallest absolute Gasteiger partial charge is 0.267 e. The van der Waals surface area contributed by atoms with Crippen molar-refractivity contribution in [2.45, 2.75) is 51.4 Å². The molecule has 24 heavy (non-hydrogen) atoms. The Kier molecular flexibility index (Phi) is 9.48. The first kappa shape index (κ1) is 21.1. The minimum atomic E-state index is -3.36. The van der Waals surface area contributed by atoms with Crippen LogP contribution in [0.15, 0.2) is 24.3 Å². The van der Waals surface area contributed by atoms with E-state index in [0.29, 0.717) is 24.9 Å². The lowest BCUT2D eigenvalue weighted by molar-refractivity contribution is 0.238. The molecular weight excluding hydrogens is 331 g/mol. The summed E-state index contributed by atoms with van der Waals surface area (Å²) in [5.41, 5.74) is 1.18. The van der Waals surface area contributed by atoms with Crippen molar-refractivity contribution in [3.63, 3.8) is 0 Å². The zero-order chi connectivity index (χ0) is 18.0. The van der Waals surface area contributed by atoms with Crippen LogP contribution in [0.5, 0.6) is 0 Å². The van der Waals surface area contributed by atoms with Crippen LogP contribution >= 0.6 is 0 Å². The molecule has 0 heterocycles. The van der Waals surface area contributed by atoms with Crippen LogP contribution in [0.4, 0.5) is 4.39 Å². The second-order valence-corrected chi connectivity index (χ2v) is 7.93. The van der Waals surface area contributed by atoms with Crippen LogP contribution < -0.4 is 0 Å². The third kappa shape index (κ3) is 7.28. The highest BCUT2D eigenvalue weighted by Gasteiger charge is 2.22. The molecule has 4 nitrogen and oxygen atoms in total. The van der Waals surface area contributed by atoms with Crippen molar-refractivity contribution in [1.82, 2.24) is 0 Å². The van der Waals surface area contributed by atoms with Crippen molar-refractivity contribution >= 4 is 10.1 Å². The van der Waals surface area contributed by atoms with E-state index >= 15 is 0 Å². The van der Waals surface area contributed by atoms with Gasteiger partial charge in [-0.3, -0.25) is 4.18 Å². The summed E-state index contributed by atoms with van der Waals surface area (Å²) in [6.45, 7) is 2.14. The van der Waals surface area contributed by atoms with Crippen LogP contribution in [0.3, 0.4) is 0 Å². The van der Waals surface area contributed by atoms with Crippen molar-refractivity contribution in [2.75, 3.05) is 19.5 Å². The molecule has 2 atom stereocenters. The summed E-state index contributed by atoms with van der Waals surface area (Å²) in [5, 5.41) is 7.00. The van der Waals surface area contributed by atoms with Crippen LogP contribution in [0.1, 0.15) is 56.9 Å². The number of halogens is 1. The second-order valence-electron chi connectivity index (χ2n) is 6.17. The van der Waals surface area contributed by atoms with Gasteiger partial charge >= 0.3 is 0 Å². The molecule has 0 aliphatic heterocycles. The second kappa shape index (κ2) is 10.8. The van der Waals surface area contributed by atoms with Gasteiger partial charge in [-0.1, -0.05) is 25.5 Å². The fourth-order valence-corrected chi connectivity index (χ4v) is 4.14. The highest BCUT2D eigenvalue weighted by Crippen LogP contribution is 2.34. The summed E-state index contributed by atoms with van der Waals surface area (Å²) in [5.74, 6) is 0.637. The summed E-state index contributed by atoms with van der Waals surface area (Å²) in [7, 11) is -2.36. The zero-order valence-corrected chi connectivity index (χ0v) is 15.4. The van der Waals surface area contributed by atoms with Gasteiger partial charge in [0.05, 0.1) is 12.4 Å². The van der Waals surface area contributed by atoms with Gasteiger partial charge in [0.25, 0.3) is 10.1 Å². The van der Waals surface area contributed by atoms with E-state index in [0.717, 1.165) is 39.2 Å². The Balaban J connectivity index is 0.00000139. The molecule has 1 aliphatic rings. The van der Waals surface area contributed by atoms with E-state index in [1.807, 2.05) is 19.1 Å². The fourth-order valence-electron chi connectivity index (χ4n) is 3.12. The van der Waals surface area contributed by atoms with Crippen molar-refractivity contribution in [3.8, 4) is 0 Å². The van der Waals surface area contributed by atoms with Crippen LogP contribution in [0.2, 0.25) is 0 Å². The molecular formula is C18H29FO4S. The number of benzene rings is 1. The molecule has 1 aliphatic carbocycles. The van der Waals surface area contributed by atoms with E-state index in [4.69, 9.17) is 9.29 Å². The maximum absolute atomic E-state index is 13.0. The van der Waals surface area contributed by atoms with Gasteiger partial charge in [-0.15, -0.1) is 0 Å². The molecule has 0 saturated heterocycles. The summed E-state index contributed by atoms with van der Waals surface area (Å²) >= 11 is 0. The van der Waals surface area contributed by atoms with Crippen molar-refractivity contribution < 1.29 is 22.1 Å². The highest BCUT2D eigenvalue weighted by molar-refractivity contribution is 7.86. The van der Waals surface area contributed by atoms with Crippen LogP contribution in [-0.4, -0.2) is 33.0 Å². The van der Waals surface area contributed by atoms with E-state index < -0.39 is 10.1 Å². The largest absolute Gasteiger partial charge is 0.400 e. The molecule has 1 fully saturated rings. The lowest BCUT2D eigenvalue weighted by atomic mass is 9.91. The quantitative estimate of drug-likeness (QED) is 0.618. The van der Waals surface area contributed by atoms with E-state index in [-0.39, 0.29) is 11.6 Å². The predicted octanol–water partition coefficient (Wildman–Crippen LogP) is 3.85. The molecule has 0 aromatic heterocycles. The Hall–Kier alpha value is -0.980. The van der Waals surface area contributed by atoms with Crippen molar-refractivity contribution in [3.05, 3.63) is 35.6 Å². The highest BCUT2D eigenvalue weighted by atomic mass is 32.2. The normalized spacial score (nSPS) is 21.5. The topological polar surface area (TPSA) is 63.6 Å². The Bertz CT molecular complexity index is 557. The maximum atomic E-state index is 13.0. The van der Waals surface area contributed by atoms with Gasteiger partial charge in [-0.25, -0.2) is 4.39 Å². The lowest BCUT2D eigenvalue weighted by Gasteiger charge is -2.16. The average Bonchev–Trinajstić information content (AvgIpc) is 2.81. The molecule has 2 rings (SSSR count). The maximum Gasteiger partial charge on any atom is 0.267 e. The van der Waals surface area contributed by atoms with Gasteiger partial charge in [-0.05, 0) is 61.6 Å². The molecule has 0 radical (unpaired) electrons. The molecule has 0 amide bonds. The minimum absolute atomic E-state index is 0.0952.